The molecule has 0 unspecified atom stereocenters. The van der Waals surface area contributed by atoms with E-state index in [2.05, 4.69) is 13.8 Å². The maximum absolute atomic E-state index is 5.78. The van der Waals surface area contributed by atoms with E-state index in [-0.39, 0.29) is 0 Å². The fourth-order valence-electron chi connectivity index (χ4n) is 3.49. The molecule has 2 heteroatoms. The Kier molecular flexibility index (Phi) is 32.3. The first-order valence-electron chi connectivity index (χ1n) is 13.5. The van der Waals surface area contributed by atoms with Gasteiger partial charge in [0.25, 0.3) is 0 Å². The fraction of sp³-hybridized carbons (Fsp3) is 1.00. The van der Waals surface area contributed by atoms with Gasteiger partial charge in [-0.15, -0.1) is 0 Å². The van der Waals surface area contributed by atoms with E-state index in [0.29, 0.717) is 6.04 Å². The summed E-state index contributed by atoms with van der Waals surface area (Å²) in [7, 11) is 0. The van der Waals surface area contributed by atoms with Crippen molar-refractivity contribution in [2.24, 2.45) is 5.73 Å². The zero-order valence-electron chi connectivity index (χ0n) is 21.1. The molecule has 2 nitrogen and oxygen atoms in total. The van der Waals surface area contributed by atoms with Crippen LogP contribution in [0, 0.1) is 0 Å². The van der Waals surface area contributed by atoms with Gasteiger partial charge < -0.3 is 10.5 Å². The van der Waals surface area contributed by atoms with Crippen LogP contribution in [0.3, 0.4) is 0 Å². The van der Waals surface area contributed by atoms with Crippen molar-refractivity contribution in [3.8, 4) is 0 Å². The Bertz CT molecular complexity index is 230. The predicted octanol–water partition coefficient (Wildman–Crippen LogP) is 9.20. The van der Waals surface area contributed by atoms with Crippen LogP contribution in [0.2, 0.25) is 0 Å². The SMILES string of the molecule is CC(C)N.CCCCCCCCCCCCOCCCCCCCCCCCC. The van der Waals surface area contributed by atoms with Crippen molar-refractivity contribution in [2.75, 3.05) is 13.2 Å². The third-order valence-electron chi connectivity index (χ3n) is 5.28. The van der Waals surface area contributed by atoms with E-state index in [1.165, 1.54) is 128 Å². The summed E-state index contributed by atoms with van der Waals surface area (Å²) in [6, 6.07) is 0.333. The lowest BCUT2D eigenvalue weighted by molar-refractivity contribution is 0.125. The summed E-state index contributed by atoms with van der Waals surface area (Å²) in [6.07, 6.45) is 28.2. The lowest BCUT2D eigenvalue weighted by atomic mass is 10.1. The summed E-state index contributed by atoms with van der Waals surface area (Å²) in [4.78, 5) is 0. The molecule has 0 bridgehead atoms. The Balaban J connectivity index is 0. The van der Waals surface area contributed by atoms with Crippen LogP contribution in [0.1, 0.15) is 156 Å². The van der Waals surface area contributed by atoms with Gasteiger partial charge in [-0.3, -0.25) is 0 Å². The van der Waals surface area contributed by atoms with Gasteiger partial charge in [0.2, 0.25) is 0 Å². The monoisotopic (exact) mass is 413 g/mol. The minimum atomic E-state index is 0.333. The first kappa shape index (κ1) is 31.1. The van der Waals surface area contributed by atoms with Crippen molar-refractivity contribution in [2.45, 2.75) is 162 Å². The molecule has 0 amide bonds. The highest BCUT2D eigenvalue weighted by atomic mass is 16.5. The standard InChI is InChI=1S/C24H50O.C3H9N/c1-3-5-7-9-11-13-15-17-19-21-23-25-24-22-20-18-16-14-12-10-8-6-4-2;1-3(2)4/h3-24H2,1-2H3;3H,4H2,1-2H3. The minimum Gasteiger partial charge on any atom is -0.381 e. The van der Waals surface area contributed by atoms with Gasteiger partial charge in [0, 0.05) is 13.2 Å². The van der Waals surface area contributed by atoms with Crippen LogP contribution in [0.25, 0.3) is 0 Å². The third kappa shape index (κ3) is 39.0. The molecule has 29 heavy (non-hydrogen) atoms. The van der Waals surface area contributed by atoms with E-state index in [1.807, 2.05) is 13.8 Å². The van der Waals surface area contributed by atoms with Gasteiger partial charge in [-0.2, -0.15) is 0 Å². The maximum Gasteiger partial charge on any atom is 0.0466 e. The summed E-state index contributed by atoms with van der Waals surface area (Å²) in [6.45, 7) is 10.5. The molecule has 0 aliphatic heterocycles. The van der Waals surface area contributed by atoms with Crippen LogP contribution < -0.4 is 5.73 Å². The van der Waals surface area contributed by atoms with E-state index in [4.69, 9.17) is 10.5 Å². The second-order valence-corrected chi connectivity index (χ2v) is 9.22. The first-order valence-corrected chi connectivity index (χ1v) is 13.5. The molecule has 0 fully saturated rings. The molecule has 0 saturated carbocycles. The molecule has 0 radical (unpaired) electrons. The van der Waals surface area contributed by atoms with Crippen molar-refractivity contribution >= 4 is 0 Å². The van der Waals surface area contributed by atoms with Gasteiger partial charge in [0.15, 0.2) is 0 Å². The lowest BCUT2D eigenvalue weighted by Gasteiger charge is -2.05. The molecule has 2 N–H and O–H groups in total. The number of nitrogens with two attached hydrogens (primary N) is 1. The number of rotatable bonds is 22. The van der Waals surface area contributed by atoms with Gasteiger partial charge in [-0.25, -0.2) is 0 Å². The Morgan fingerprint density at radius 1 is 0.448 bits per heavy atom. The Morgan fingerprint density at radius 3 is 0.897 bits per heavy atom. The Morgan fingerprint density at radius 2 is 0.655 bits per heavy atom. The van der Waals surface area contributed by atoms with Crippen LogP contribution in [0.15, 0.2) is 0 Å². The van der Waals surface area contributed by atoms with E-state index in [1.54, 1.807) is 0 Å². The average Bonchev–Trinajstić information content (AvgIpc) is 2.69. The van der Waals surface area contributed by atoms with E-state index < -0.39 is 0 Å². The predicted molar refractivity (Wildman–Crippen MR) is 134 cm³/mol. The second-order valence-electron chi connectivity index (χ2n) is 9.22. The molecular formula is C27H59NO. The number of ether oxygens (including phenoxy) is 1. The van der Waals surface area contributed by atoms with Crippen LogP contribution in [0.5, 0.6) is 0 Å². The smallest absolute Gasteiger partial charge is 0.0466 e. The first-order chi connectivity index (χ1) is 14.1. The van der Waals surface area contributed by atoms with Crippen LogP contribution in [-0.4, -0.2) is 19.3 Å². The lowest BCUT2D eigenvalue weighted by Crippen LogP contribution is -2.06. The molecule has 0 aliphatic rings. The van der Waals surface area contributed by atoms with Gasteiger partial charge in [-0.05, 0) is 18.9 Å². The molecule has 178 valence electrons. The number of hydrogen-bond donors (Lipinski definition) is 1. The van der Waals surface area contributed by atoms with Crippen LogP contribution in [-0.2, 0) is 4.74 Å². The summed E-state index contributed by atoms with van der Waals surface area (Å²) < 4.78 is 5.78. The van der Waals surface area contributed by atoms with Gasteiger partial charge >= 0.3 is 0 Å². The normalized spacial score (nSPS) is 11.0. The van der Waals surface area contributed by atoms with Crippen molar-refractivity contribution in [1.82, 2.24) is 0 Å². The summed E-state index contributed by atoms with van der Waals surface area (Å²) >= 11 is 0. The highest BCUT2D eigenvalue weighted by molar-refractivity contribution is 4.49. The molecule has 0 aliphatic carbocycles. The molecule has 0 spiro atoms. The van der Waals surface area contributed by atoms with Crippen molar-refractivity contribution in [1.29, 1.82) is 0 Å². The van der Waals surface area contributed by atoms with Crippen LogP contribution in [0.4, 0.5) is 0 Å². The molecule has 0 aromatic carbocycles. The van der Waals surface area contributed by atoms with Gasteiger partial charge in [-0.1, -0.05) is 143 Å². The summed E-state index contributed by atoms with van der Waals surface area (Å²) in [5, 5.41) is 0. The number of hydrogen-bond acceptors (Lipinski definition) is 2. The second kappa shape index (κ2) is 30.1. The topological polar surface area (TPSA) is 35.2 Å². The van der Waals surface area contributed by atoms with Gasteiger partial charge in [0.1, 0.15) is 0 Å². The largest absolute Gasteiger partial charge is 0.381 e. The maximum atomic E-state index is 5.78. The zero-order chi connectivity index (χ0) is 21.8. The summed E-state index contributed by atoms with van der Waals surface area (Å²) in [5.74, 6) is 0. The van der Waals surface area contributed by atoms with Crippen molar-refractivity contribution < 1.29 is 4.74 Å². The highest BCUT2D eigenvalue weighted by Crippen LogP contribution is 2.12. The zero-order valence-corrected chi connectivity index (χ0v) is 21.1. The average molecular weight is 414 g/mol. The van der Waals surface area contributed by atoms with E-state index in [9.17, 15) is 0 Å². The molecular weight excluding hydrogens is 354 g/mol. The van der Waals surface area contributed by atoms with E-state index in [0.717, 1.165) is 13.2 Å². The van der Waals surface area contributed by atoms with Gasteiger partial charge in [0.05, 0.1) is 0 Å². The molecule has 0 rings (SSSR count). The molecule has 0 saturated heterocycles. The van der Waals surface area contributed by atoms with Crippen LogP contribution >= 0.6 is 0 Å². The summed E-state index contributed by atoms with van der Waals surface area (Å²) in [5.41, 5.74) is 5.11. The molecule has 0 aromatic heterocycles. The molecule has 0 aromatic rings. The minimum absolute atomic E-state index is 0.333. The third-order valence-corrected chi connectivity index (χ3v) is 5.28. The fourth-order valence-corrected chi connectivity index (χ4v) is 3.49. The Labute approximate surface area is 186 Å². The van der Waals surface area contributed by atoms with Crippen molar-refractivity contribution in [3.63, 3.8) is 0 Å². The molecule has 0 atom stereocenters. The Hall–Kier alpha value is -0.0800. The highest BCUT2D eigenvalue weighted by Gasteiger charge is 1.95. The number of unbranched alkanes of at least 4 members (excludes halogenated alkanes) is 18. The quantitative estimate of drug-likeness (QED) is 0.179. The van der Waals surface area contributed by atoms with E-state index >= 15 is 0 Å². The van der Waals surface area contributed by atoms with Crippen molar-refractivity contribution in [3.05, 3.63) is 0 Å². The molecule has 0 heterocycles.